The summed E-state index contributed by atoms with van der Waals surface area (Å²) < 4.78 is 11.4. The van der Waals surface area contributed by atoms with E-state index in [0.29, 0.717) is 12.3 Å². The summed E-state index contributed by atoms with van der Waals surface area (Å²) >= 11 is 0. The third-order valence-corrected chi connectivity index (χ3v) is 3.42. The third-order valence-electron chi connectivity index (χ3n) is 1.76. The molecule has 0 heterocycles. The standard InChI is InChI=1S/C8H20NO2P/c1-6(2)5-7(9)8(10)12(3,4)11/h6-8,10H,5,9H2,1-4H3/t7-,8?/m0/s1. The molecule has 3 nitrogen and oxygen atoms in total. The van der Waals surface area contributed by atoms with E-state index in [1.807, 2.05) is 13.8 Å². The molecule has 74 valence electrons. The van der Waals surface area contributed by atoms with Crippen LogP contribution < -0.4 is 5.73 Å². The summed E-state index contributed by atoms with van der Waals surface area (Å²) in [5.74, 6) is -0.416. The molecule has 0 aromatic carbocycles. The van der Waals surface area contributed by atoms with E-state index in [4.69, 9.17) is 5.73 Å². The Kier molecular flexibility index (Phi) is 4.46. The highest BCUT2D eigenvalue weighted by atomic mass is 31.2. The molecule has 0 fully saturated rings. The fourth-order valence-corrected chi connectivity index (χ4v) is 2.17. The average molecular weight is 193 g/mol. The number of rotatable bonds is 4. The molecule has 1 unspecified atom stereocenters. The van der Waals surface area contributed by atoms with Crippen LogP contribution in [0.15, 0.2) is 0 Å². The molecule has 0 rings (SSSR count). The van der Waals surface area contributed by atoms with Gasteiger partial charge in [0, 0.05) is 6.04 Å². The molecule has 0 amide bonds. The van der Waals surface area contributed by atoms with E-state index in [9.17, 15) is 9.67 Å². The number of nitrogens with two attached hydrogens (primary N) is 1. The minimum atomic E-state index is -2.44. The van der Waals surface area contributed by atoms with Crippen LogP contribution in [0.1, 0.15) is 20.3 Å². The van der Waals surface area contributed by atoms with E-state index in [0.717, 1.165) is 0 Å². The molecule has 3 N–H and O–H groups in total. The molecule has 0 radical (unpaired) electrons. The van der Waals surface area contributed by atoms with Gasteiger partial charge in [-0.1, -0.05) is 13.8 Å². The van der Waals surface area contributed by atoms with Crippen LogP contribution in [0.3, 0.4) is 0 Å². The van der Waals surface area contributed by atoms with Crippen molar-refractivity contribution < 1.29 is 9.67 Å². The maximum absolute atomic E-state index is 11.4. The van der Waals surface area contributed by atoms with Crippen LogP contribution >= 0.6 is 7.14 Å². The average Bonchev–Trinajstić information content (AvgIpc) is 1.82. The van der Waals surface area contributed by atoms with Gasteiger partial charge in [-0.2, -0.15) is 0 Å². The van der Waals surface area contributed by atoms with Gasteiger partial charge in [-0.3, -0.25) is 0 Å². The zero-order chi connectivity index (χ0) is 9.94. The first kappa shape index (κ1) is 12.2. The Morgan fingerprint density at radius 1 is 1.42 bits per heavy atom. The van der Waals surface area contributed by atoms with Gasteiger partial charge in [0.25, 0.3) is 0 Å². The second-order valence-corrected chi connectivity index (χ2v) is 7.54. The summed E-state index contributed by atoms with van der Waals surface area (Å²) in [5, 5.41) is 9.51. The summed E-state index contributed by atoms with van der Waals surface area (Å²) in [6.45, 7) is 7.20. The van der Waals surface area contributed by atoms with Crippen LogP contribution in [-0.4, -0.2) is 30.3 Å². The second-order valence-electron chi connectivity index (χ2n) is 4.14. The van der Waals surface area contributed by atoms with Crippen molar-refractivity contribution in [3.8, 4) is 0 Å². The number of hydrogen-bond acceptors (Lipinski definition) is 3. The first-order valence-electron chi connectivity index (χ1n) is 4.23. The van der Waals surface area contributed by atoms with Gasteiger partial charge in [0.1, 0.15) is 13.0 Å². The lowest BCUT2D eigenvalue weighted by molar-refractivity contribution is 0.204. The molecule has 0 aliphatic rings. The molecular weight excluding hydrogens is 173 g/mol. The lowest BCUT2D eigenvalue weighted by Gasteiger charge is -2.23. The zero-order valence-corrected chi connectivity index (χ0v) is 9.21. The van der Waals surface area contributed by atoms with Gasteiger partial charge in [0.05, 0.1) is 0 Å². The van der Waals surface area contributed by atoms with Crippen molar-refractivity contribution in [2.45, 2.75) is 32.2 Å². The molecule has 12 heavy (non-hydrogen) atoms. The quantitative estimate of drug-likeness (QED) is 0.661. The highest BCUT2D eigenvalue weighted by Crippen LogP contribution is 2.42. The molecule has 0 spiro atoms. The SMILES string of the molecule is CC(C)C[C@H](N)C(O)P(C)(C)=O. The fraction of sp³-hybridized carbons (Fsp3) is 1.00. The Balaban J connectivity index is 4.11. The Morgan fingerprint density at radius 2 is 1.83 bits per heavy atom. The van der Waals surface area contributed by atoms with Crippen molar-refractivity contribution in [2.24, 2.45) is 11.7 Å². The minimum absolute atomic E-state index is 0.356. The van der Waals surface area contributed by atoms with E-state index in [-0.39, 0.29) is 6.04 Å². The van der Waals surface area contributed by atoms with Crippen molar-refractivity contribution >= 4 is 7.14 Å². The van der Waals surface area contributed by atoms with Gasteiger partial charge in [0.15, 0.2) is 0 Å². The van der Waals surface area contributed by atoms with Crippen LogP contribution in [-0.2, 0) is 4.57 Å². The maximum atomic E-state index is 11.4. The zero-order valence-electron chi connectivity index (χ0n) is 8.32. The molecule has 2 atom stereocenters. The summed E-state index contributed by atoms with van der Waals surface area (Å²) in [7, 11) is -2.44. The van der Waals surface area contributed by atoms with E-state index < -0.39 is 13.0 Å². The lowest BCUT2D eigenvalue weighted by atomic mass is 10.1. The third kappa shape index (κ3) is 4.24. The normalized spacial score (nSPS) is 17.9. The largest absolute Gasteiger partial charge is 0.384 e. The van der Waals surface area contributed by atoms with Crippen molar-refractivity contribution in [2.75, 3.05) is 13.3 Å². The highest BCUT2D eigenvalue weighted by Gasteiger charge is 2.26. The summed E-state index contributed by atoms with van der Waals surface area (Å²) in [6.07, 6.45) is 0.715. The molecule has 0 aromatic rings. The van der Waals surface area contributed by atoms with Gasteiger partial charge in [-0.25, -0.2) is 0 Å². The number of aliphatic hydroxyl groups is 1. The van der Waals surface area contributed by atoms with Crippen LogP contribution in [0.5, 0.6) is 0 Å². The summed E-state index contributed by atoms with van der Waals surface area (Å²) in [6, 6.07) is -0.356. The Morgan fingerprint density at radius 3 is 2.08 bits per heavy atom. The minimum Gasteiger partial charge on any atom is -0.384 e. The Hall–Kier alpha value is 0.150. The first-order chi connectivity index (χ1) is 5.25. The second kappa shape index (κ2) is 4.40. The van der Waals surface area contributed by atoms with Gasteiger partial charge in [0.2, 0.25) is 0 Å². The topological polar surface area (TPSA) is 63.3 Å². The summed E-state index contributed by atoms with van der Waals surface area (Å²) in [5.41, 5.74) is 5.68. The van der Waals surface area contributed by atoms with E-state index in [1.165, 1.54) is 0 Å². The highest BCUT2D eigenvalue weighted by molar-refractivity contribution is 7.62. The molecule has 0 aliphatic heterocycles. The molecular formula is C8H20NO2P. The maximum Gasteiger partial charge on any atom is 0.121 e. The van der Waals surface area contributed by atoms with Gasteiger partial charge in [-0.15, -0.1) is 0 Å². The molecule has 4 heteroatoms. The summed E-state index contributed by atoms with van der Waals surface area (Å²) in [4.78, 5) is 0. The predicted octanol–water partition coefficient (Wildman–Crippen LogP) is 1.30. The van der Waals surface area contributed by atoms with Gasteiger partial charge in [-0.05, 0) is 25.7 Å². The molecule has 0 bridgehead atoms. The predicted molar refractivity (Wildman–Crippen MR) is 52.9 cm³/mol. The van der Waals surface area contributed by atoms with Crippen LogP contribution in [0.2, 0.25) is 0 Å². The number of hydrogen-bond donors (Lipinski definition) is 2. The van der Waals surface area contributed by atoms with Crippen LogP contribution in [0.25, 0.3) is 0 Å². The monoisotopic (exact) mass is 193 g/mol. The van der Waals surface area contributed by atoms with Gasteiger partial charge < -0.3 is 15.4 Å². The molecule has 0 saturated carbocycles. The molecule has 0 aromatic heterocycles. The van der Waals surface area contributed by atoms with Crippen molar-refractivity contribution in [1.29, 1.82) is 0 Å². The Labute approximate surface area is 74.7 Å². The van der Waals surface area contributed by atoms with Crippen molar-refractivity contribution in [1.82, 2.24) is 0 Å². The van der Waals surface area contributed by atoms with E-state index in [2.05, 4.69) is 0 Å². The van der Waals surface area contributed by atoms with E-state index >= 15 is 0 Å². The van der Waals surface area contributed by atoms with Crippen LogP contribution in [0.4, 0.5) is 0 Å². The molecule has 0 aliphatic carbocycles. The first-order valence-corrected chi connectivity index (χ1v) is 6.90. The smallest absolute Gasteiger partial charge is 0.121 e. The van der Waals surface area contributed by atoms with Gasteiger partial charge >= 0.3 is 0 Å². The number of aliphatic hydroxyl groups excluding tert-OH is 1. The van der Waals surface area contributed by atoms with E-state index in [1.54, 1.807) is 13.3 Å². The Bertz CT molecular complexity index is 176. The van der Waals surface area contributed by atoms with Crippen LogP contribution in [0, 0.1) is 5.92 Å². The van der Waals surface area contributed by atoms with Crippen molar-refractivity contribution in [3.63, 3.8) is 0 Å². The lowest BCUT2D eigenvalue weighted by Crippen LogP contribution is -2.35. The molecule has 0 saturated heterocycles. The fourth-order valence-electron chi connectivity index (χ4n) is 1.13. The van der Waals surface area contributed by atoms with Crippen molar-refractivity contribution in [3.05, 3.63) is 0 Å².